The summed E-state index contributed by atoms with van der Waals surface area (Å²) in [4.78, 5) is 26.3. The second-order valence-electron chi connectivity index (χ2n) is 4.27. The van der Waals surface area contributed by atoms with Crippen LogP contribution in [0.3, 0.4) is 0 Å². The predicted octanol–water partition coefficient (Wildman–Crippen LogP) is 2.79. The van der Waals surface area contributed by atoms with Gasteiger partial charge >= 0.3 is 0 Å². The molecule has 1 aromatic heterocycles. The van der Waals surface area contributed by atoms with E-state index in [2.05, 4.69) is 10.3 Å². The van der Waals surface area contributed by atoms with Gasteiger partial charge in [0.15, 0.2) is 0 Å². The number of nitrogens with zero attached hydrogens (tertiary/aromatic N) is 2. The van der Waals surface area contributed by atoms with Crippen LogP contribution in [0.15, 0.2) is 30.5 Å². The van der Waals surface area contributed by atoms with E-state index in [1.54, 1.807) is 19.1 Å². The summed E-state index contributed by atoms with van der Waals surface area (Å²) in [6.07, 6.45) is 1.53. The Kier molecular flexibility index (Phi) is 4.04. The fourth-order valence-corrected chi connectivity index (χ4v) is 1.90. The Morgan fingerprint density at radius 3 is 2.81 bits per heavy atom. The lowest BCUT2D eigenvalue weighted by Crippen LogP contribution is -2.14. The first kappa shape index (κ1) is 14.7. The predicted molar refractivity (Wildman–Crippen MR) is 79.4 cm³/mol. The van der Waals surface area contributed by atoms with Crippen molar-refractivity contribution < 1.29 is 9.72 Å². The molecule has 0 bridgehead atoms. The van der Waals surface area contributed by atoms with Crippen LogP contribution >= 0.6 is 11.6 Å². The van der Waals surface area contributed by atoms with Crippen molar-refractivity contribution in [3.05, 3.63) is 56.7 Å². The van der Waals surface area contributed by atoms with Gasteiger partial charge in [0.25, 0.3) is 11.6 Å². The first-order valence-electron chi connectivity index (χ1n) is 5.86. The number of amides is 1. The van der Waals surface area contributed by atoms with E-state index >= 15 is 0 Å². The van der Waals surface area contributed by atoms with Crippen molar-refractivity contribution in [2.24, 2.45) is 0 Å². The molecule has 108 valence electrons. The number of benzene rings is 1. The van der Waals surface area contributed by atoms with Gasteiger partial charge in [-0.1, -0.05) is 17.7 Å². The number of nitrogens with one attached hydrogen (secondary N) is 1. The minimum atomic E-state index is -0.690. The number of aryl methyl sites for hydroxylation is 1. The number of hydrogen-bond acceptors (Lipinski definition) is 5. The van der Waals surface area contributed by atoms with Gasteiger partial charge < -0.3 is 11.1 Å². The molecule has 0 aliphatic rings. The third kappa shape index (κ3) is 3.09. The Balaban J connectivity index is 2.36. The summed E-state index contributed by atoms with van der Waals surface area (Å²) in [7, 11) is 0. The minimum absolute atomic E-state index is 0.0333. The van der Waals surface area contributed by atoms with E-state index in [-0.39, 0.29) is 16.3 Å². The zero-order valence-corrected chi connectivity index (χ0v) is 11.7. The number of hydrogen-bond donors (Lipinski definition) is 2. The molecule has 0 saturated carbocycles. The van der Waals surface area contributed by atoms with E-state index in [1.807, 2.05) is 0 Å². The van der Waals surface area contributed by atoms with Gasteiger partial charge in [-0.15, -0.1) is 0 Å². The van der Waals surface area contributed by atoms with E-state index in [0.29, 0.717) is 5.82 Å². The van der Waals surface area contributed by atoms with Crippen LogP contribution in [-0.4, -0.2) is 15.8 Å². The van der Waals surface area contributed by atoms with Crippen molar-refractivity contribution in [1.29, 1.82) is 0 Å². The third-order valence-corrected chi connectivity index (χ3v) is 3.12. The Hall–Kier alpha value is -2.67. The highest BCUT2D eigenvalue weighted by atomic mass is 35.5. The molecule has 0 atom stereocenters. The summed E-state index contributed by atoms with van der Waals surface area (Å²) < 4.78 is 0. The first-order chi connectivity index (χ1) is 9.90. The highest BCUT2D eigenvalue weighted by Gasteiger charge is 2.19. The van der Waals surface area contributed by atoms with E-state index in [9.17, 15) is 14.9 Å². The van der Waals surface area contributed by atoms with Crippen LogP contribution in [0.5, 0.6) is 0 Å². The number of aromatic nitrogens is 1. The Labute approximate surface area is 124 Å². The van der Waals surface area contributed by atoms with Crippen LogP contribution in [0.1, 0.15) is 15.9 Å². The molecule has 21 heavy (non-hydrogen) atoms. The molecular formula is C13H11ClN4O3. The average molecular weight is 307 g/mol. The van der Waals surface area contributed by atoms with Gasteiger partial charge in [-0.05, 0) is 24.6 Å². The van der Waals surface area contributed by atoms with Crippen LogP contribution in [0.2, 0.25) is 5.02 Å². The molecule has 8 heteroatoms. The van der Waals surface area contributed by atoms with E-state index in [1.165, 1.54) is 12.3 Å². The summed E-state index contributed by atoms with van der Waals surface area (Å²) in [6, 6.07) is 5.86. The number of carbonyl (C=O) groups excluding carboxylic acids is 1. The zero-order chi connectivity index (χ0) is 15.6. The number of anilines is 2. The molecule has 0 radical (unpaired) electrons. The Morgan fingerprint density at radius 1 is 1.48 bits per heavy atom. The van der Waals surface area contributed by atoms with Gasteiger partial charge in [0.05, 0.1) is 9.95 Å². The molecule has 3 N–H and O–H groups in total. The molecule has 0 aliphatic carbocycles. The number of nitrogens with two attached hydrogens (primary N) is 1. The molecule has 0 unspecified atom stereocenters. The number of nitrogen functional groups attached to an aromatic ring is 1. The molecule has 0 aliphatic heterocycles. The Morgan fingerprint density at radius 2 is 2.19 bits per heavy atom. The molecule has 1 aromatic carbocycles. The van der Waals surface area contributed by atoms with Gasteiger partial charge in [-0.25, -0.2) is 4.98 Å². The lowest BCUT2D eigenvalue weighted by atomic mass is 10.1. The standard InChI is InChI=1S/C13H11ClN4O3/c1-7-3-2-4-16-12(7)17-13(19)8-5-9(14)11(15)10(6-8)18(20)21/h2-6H,15H2,1H3,(H,16,17,19). The van der Waals surface area contributed by atoms with Crippen molar-refractivity contribution in [2.45, 2.75) is 6.92 Å². The van der Waals surface area contributed by atoms with Gasteiger partial charge in [0.2, 0.25) is 0 Å². The molecule has 2 rings (SSSR count). The Bertz CT molecular complexity index is 733. The monoisotopic (exact) mass is 306 g/mol. The van der Waals surface area contributed by atoms with Gasteiger partial charge in [0.1, 0.15) is 11.5 Å². The van der Waals surface area contributed by atoms with Crippen molar-refractivity contribution in [2.75, 3.05) is 11.1 Å². The summed E-state index contributed by atoms with van der Waals surface area (Å²) >= 11 is 5.82. The number of rotatable bonds is 3. The maximum atomic E-state index is 12.1. The van der Waals surface area contributed by atoms with Crippen LogP contribution < -0.4 is 11.1 Å². The molecule has 0 saturated heterocycles. The van der Waals surface area contributed by atoms with Crippen LogP contribution in [0, 0.1) is 17.0 Å². The average Bonchev–Trinajstić information content (AvgIpc) is 2.43. The van der Waals surface area contributed by atoms with Crippen molar-refractivity contribution >= 4 is 34.7 Å². The minimum Gasteiger partial charge on any atom is -0.392 e. The molecular weight excluding hydrogens is 296 g/mol. The lowest BCUT2D eigenvalue weighted by Gasteiger charge is -2.08. The van der Waals surface area contributed by atoms with Crippen molar-refractivity contribution in [3.63, 3.8) is 0 Å². The van der Waals surface area contributed by atoms with E-state index in [0.717, 1.165) is 11.6 Å². The lowest BCUT2D eigenvalue weighted by molar-refractivity contribution is -0.383. The number of carbonyl (C=O) groups is 1. The van der Waals surface area contributed by atoms with Crippen LogP contribution in [-0.2, 0) is 0 Å². The third-order valence-electron chi connectivity index (χ3n) is 2.81. The maximum Gasteiger partial charge on any atom is 0.294 e. The zero-order valence-electron chi connectivity index (χ0n) is 11.0. The van der Waals surface area contributed by atoms with Crippen molar-refractivity contribution in [1.82, 2.24) is 4.98 Å². The normalized spacial score (nSPS) is 10.2. The molecule has 1 amide bonds. The molecule has 2 aromatic rings. The molecule has 1 heterocycles. The van der Waals surface area contributed by atoms with Gasteiger partial charge in [0, 0.05) is 17.8 Å². The van der Waals surface area contributed by atoms with Crippen LogP contribution in [0.25, 0.3) is 0 Å². The molecule has 0 spiro atoms. The van der Waals surface area contributed by atoms with E-state index < -0.39 is 16.5 Å². The van der Waals surface area contributed by atoms with Gasteiger partial charge in [-0.2, -0.15) is 0 Å². The fourth-order valence-electron chi connectivity index (χ4n) is 1.68. The quantitative estimate of drug-likeness (QED) is 0.514. The second-order valence-corrected chi connectivity index (χ2v) is 4.68. The van der Waals surface area contributed by atoms with Crippen LogP contribution in [0.4, 0.5) is 17.2 Å². The van der Waals surface area contributed by atoms with Gasteiger partial charge in [-0.3, -0.25) is 14.9 Å². The summed E-state index contributed by atoms with van der Waals surface area (Å²) in [6.45, 7) is 1.78. The summed E-state index contributed by atoms with van der Waals surface area (Å²) in [5.74, 6) is -0.181. The van der Waals surface area contributed by atoms with Crippen molar-refractivity contribution in [3.8, 4) is 0 Å². The highest BCUT2D eigenvalue weighted by molar-refractivity contribution is 6.34. The number of pyridine rings is 1. The highest BCUT2D eigenvalue weighted by Crippen LogP contribution is 2.31. The number of nitro benzene ring substituents is 1. The molecule has 0 fully saturated rings. The largest absolute Gasteiger partial charge is 0.392 e. The van der Waals surface area contributed by atoms with E-state index in [4.69, 9.17) is 17.3 Å². The SMILES string of the molecule is Cc1cccnc1NC(=O)c1cc(Cl)c(N)c([N+](=O)[O-])c1. The molecule has 7 nitrogen and oxygen atoms in total. The smallest absolute Gasteiger partial charge is 0.294 e. The number of nitro groups is 1. The number of halogens is 1. The summed E-state index contributed by atoms with van der Waals surface area (Å²) in [5.41, 5.74) is 5.72. The topological polar surface area (TPSA) is 111 Å². The second kappa shape index (κ2) is 5.76. The fraction of sp³-hybridized carbons (Fsp3) is 0.0769. The summed E-state index contributed by atoms with van der Waals surface area (Å²) in [5, 5.41) is 13.4. The first-order valence-corrected chi connectivity index (χ1v) is 6.24. The maximum absolute atomic E-state index is 12.1.